The number of nitrogens with zero attached hydrogens (tertiary/aromatic N) is 1. The molecule has 0 aromatic heterocycles. The van der Waals surface area contributed by atoms with Crippen molar-refractivity contribution in [2.45, 2.75) is 44.1 Å². The molecule has 1 unspecified atom stereocenters. The molecule has 0 bridgehead atoms. The second-order valence-corrected chi connectivity index (χ2v) is 9.27. The van der Waals surface area contributed by atoms with Gasteiger partial charge in [0.2, 0.25) is 6.79 Å². The van der Waals surface area contributed by atoms with Crippen LogP contribution in [0.15, 0.2) is 53.4 Å². The Balaban J connectivity index is 1.45. The summed E-state index contributed by atoms with van der Waals surface area (Å²) in [5, 5.41) is 3.58. The van der Waals surface area contributed by atoms with Crippen LogP contribution in [0, 0.1) is 5.92 Å². The van der Waals surface area contributed by atoms with E-state index in [-0.39, 0.29) is 24.2 Å². The van der Waals surface area contributed by atoms with Crippen molar-refractivity contribution >= 4 is 29.4 Å². The Morgan fingerprint density at radius 3 is 2.70 bits per heavy atom. The zero-order chi connectivity index (χ0) is 20.5. The summed E-state index contributed by atoms with van der Waals surface area (Å²) in [7, 11) is 0. The van der Waals surface area contributed by atoms with E-state index >= 15 is 0 Å². The van der Waals surface area contributed by atoms with Gasteiger partial charge in [-0.25, -0.2) is 0 Å². The first-order valence-electron chi connectivity index (χ1n) is 10.6. The van der Waals surface area contributed by atoms with Gasteiger partial charge in [-0.15, -0.1) is 0 Å². The highest BCUT2D eigenvalue weighted by Crippen LogP contribution is 2.42. The second-order valence-electron chi connectivity index (χ2n) is 8.14. The van der Waals surface area contributed by atoms with Crippen LogP contribution in [-0.2, 0) is 4.79 Å². The number of rotatable bonds is 4. The van der Waals surface area contributed by atoms with Crippen LogP contribution in [0.2, 0.25) is 0 Å². The molecule has 0 radical (unpaired) electrons. The molecule has 5 nitrogen and oxygen atoms in total. The molecule has 2 aromatic rings. The van der Waals surface area contributed by atoms with E-state index in [2.05, 4.69) is 17.1 Å². The van der Waals surface area contributed by atoms with E-state index in [1.54, 1.807) is 11.8 Å². The number of thioether (sulfide) groups is 1. The lowest BCUT2D eigenvalue weighted by Crippen LogP contribution is -2.48. The van der Waals surface area contributed by atoms with Crippen molar-refractivity contribution in [3.05, 3.63) is 59.0 Å². The molecule has 3 atom stereocenters. The summed E-state index contributed by atoms with van der Waals surface area (Å²) in [4.78, 5) is 16.4. The first-order chi connectivity index (χ1) is 14.7. The fraction of sp³-hybridized carbons (Fsp3) is 0.375. The number of nitrogens with one attached hydrogen (secondary N) is 1. The smallest absolute Gasteiger partial charge is 0.262 e. The highest BCUT2D eigenvalue weighted by molar-refractivity contribution is 8.05. The Hall–Kier alpha value is -2.60. The maximum atomic E-state index is 13.5. The zero-order valence-electron chi connectivity index (χ0n) is 17.0. The second kappa shape index (κ2) is 8.26. The molecular weight excluding hydrogens is 396 g/mol. The minimum Gasteiger partial charge on any atom is -0.454 e. The van der Waals surface area contributed by atoms with Crippen molar-refractivity contribution in [3.8, 4) is 11.5 Å². The molecule has 6 heteroatoms. The minimum atomic E-state index is -0.106. The van der Waals surface area contributed by atoms with Crippen LogP contribution in [0.1, 0.15) is 38.2 Å². The number of carbonyl (C=O) groups excluding carboxylic acids is 1. The molecule has 1 amide bonds. The monoisotopic (exact) mass is 422 g/mol. The van der Waals surface area contributed by atoms with E-state index in [0.29, 0.717) is 5.92 Å². The molecule has 156 valence electrons. The summed E-state index contributed by atoms with van der Waals surface area (Å²) < 4.78 is 10.9. The predicted octanol–water partition coefficient (Wildman–Crippen LogP) is 5.31. The average molecular weight is 423 g/mol. The summed E-state index contributed by atoms with van der Waals surface area (Å²) in [5.41, 5.74) is 1.87. The summed E-state index contributed by atoms with van der Waals surface area (Å²) in [6, 6.07) is 16.2. The molecule has 0 spiro atoms. The molecule has 2 aromatic carbocycles. The Bertz CT molecular complexity index is 962. The van der Waals surface area contributed by atoms with E-state index in [9.17, 15) is 4.79 Å². The van der Waals surface area contributed by atoms with Crippen molar-refractivity contribution < 1.29 is 14.3 Å². The van der Waals surface area contributed by atoms with Crippen LogP contribution in [0.4, 0.5) is 5.69 Å². The zero-order valence-corrected chi connectivity index (χ0v) is 17.9. The number of fused-ring (bicyclic) bond motifs is 1. The van der Waals surface area contributed by atoms with E-state index in [0.717, 1.165) is 34.1 Å². The standard InChI is InChI=1S/C24H26N2O3S/c1-16-7-5-6-10-19(16)26-23(27)22(30-24(26)25-18-8-3-2-4-9-18)14-17-11-12-20-21(13-17)29-15-28-20/h2-4,8-9,11-14,16,19,24-25H,5-7,10,15H2,1H3/b22-14-/t16-,19+,24?/m0/s1. The molecule has 2 aliphatic heterocycles. The first-order valence-corrected chi connectivity index (χ1v) is 11.5. The number of ether oxygens (including phenoxy) is 2. The van der Waals surface area contributed by atoms with Crippen molar-refractivity contribution in [2.75, 3.05) is 12.1 Å². The van der Waals surface area contributed by atoms with Crippen molar-refractivity contribution in [3.63, 3.8) is 0 Å². The number of hydrogen-bond donors (Lipinski definition) is 1. The van der Waals surface area contributed by atoms with Crippen LogP contribution < -0.4 is 14.8 Å². The number of para-hydroxylation sites is 1. The lowest BCUT2D eigenvalue weighted by atomic mass is 9.85. The third-order valence-corrected chi connectivity index (χ3v) is 7.23. The third-order valence-electron chi connectivity index (χ3n) is 6.12. The Labute approximate surface area is 181 Å². The lowest BCUT2D eigenvalue weighted by Gasteiger charge is -2.39. The predicted molar refractivity (Wildman–Crippen MR) is 120 cm³/mol. The molecule has 5 rings (SSSR count). The number of anilines is 1. The van der Waals surface area contributed by atoms with Gasteiger partial charge in [0.1, 0.15) is 0 Å². The molecular formula is C24H26N2O3S. The van der Waals surface area contributed by atoms with Gasteiger partial charge in [-0.2, -0.15) is 0 Å². The molecule has 3 aliphatic rings. The van der Waals surface area contributed by atoms with Crippen LogP contribution >= 0.6 is 11.8 Å². The topological polar surface area (TPSA) is 50.8 Å². The number of hydrogen-bond acceptors (Lipinski definition) is 5. The summed E-state index contributed by atoms with van der Waals surface area (Å²) >= 11 is 1.60. The molecule has 2 heterocycles. The summed E-state index contributed by atoms with van der Waals surface area (Å²) in [5.74, 6) is 2.11. The number of benzene rings is 2. The van der Waals surface area contributed by atoms with Gasteiger partial charge >= 0.3 is 0 Å². The van der Waals surface area contributed by atoms with E-state index in [4.69, 9.17) is 9.47 Å². The van der Waals surface area contributed by atoms with Gasteiger partial charge in [-0.1, -0.05) is 55.8 Å². The SMILES string of the molecule is C[C@H]1CCCC[C@H]1N1C(=O)/C(=C/c2ccc3c(c2)OCO3)SC1Nc1ccccc1. The normalized spacial score (nSPS) is 27.0. The van der Waals surface area contributed by atoms with Crippen LogP contribution in [0.5, 0.6) is 11.5 Å². The van der Waals surface area contributed by atoms with Crippen LogP contribution in [0.3, 0.4) is 0 Å². The molecule has 1 aliphatic carbocycles. The lowest BCUT2D eigenvalue weighted by molar-refractivity contribution is -0.129. The quantitative estimate of drug-likeness (QED) is 0.677. The van der Waals surface area contributed by atoms with Gasteiger partial charge in [-0.3, -0.25) is 4.79 Å². The van der Waals surface area contributed by atoms with Gasteiger partial charge < -0.3 is 19.7 Å². The van der Waals surface area contributed by atoms with Gasteiger partial charge in [0.25, 0.3) is 5.91 Å². The summed E-state index contributed by atoms with van der Waals surface area (Å²) in [6.45, 7) is 2.53. The Morgan fingerprint density at radius 2 is 1.87 bits per heavy atom. The molecule has 1 saturated heterocycles. The highest BCUT2D eigenvalue weighted by atomic mass is 32.2. The number of carbonyl (C=O) groups is 1. The maximum Gasteiger partial charge on any atom is 0.262 e. The first kappa shape index (κ1) is 19.4. The average Bonchev–Trinajstić information content (AvgIpc) is 3.34. The third kappa shape index (κ3) is 3.76. The Morgan fingerprint density at radius 1 is 1.07 bits per heavy atom. The molecule has 30 heavy (non-hydrogen) atoms. The van der Waals surface area contributed by atoms with Crippen molar-refractivity contribution in [1.82, 2.24) is 4.90 Å². The molecule has 1 N–H and O–H groups in total. The van der Waals surface area contributed by atoms with Gasteiger partial charge in [0.05, 0.1) is 4.91 Å². The van der Waals surface area contributed by atoms with Gasteiger partial charge in [0, 0.05) is 11.7 Å². The summed E-state index contributed by atoms with van der Waals surface area (Å²) in [6.07, 6.45) is 6.66. The van der Waals surface area contributed by atoms with E-state index < -0.39 is 0 Å². The van der Waals surface area contributed by atoms with E-state index in [1.165, 1.54) is 19.3 Å². The van der Waals surface area contributed by atoms with Crippen LogP contribution in [0.25, 0.3) is 6.08 Å². The highest BCUT2D eigenvalue weighted by Gasteiger charge is 2.42. The van der Waals surface area contributed by atoms with Gasteiger partial charge in [0.15, 0.2) is 17.0 Å². The number of amides is 1. The minimum absolute atomic E-state index is 0.106. The fourth-order valence-electron chi connectivity index (χ4n) is 4.52. The maximum absolute atomic E-state index is 13.5. The van der Waals surface area contributed by atoms with Crippen molar-refractivity contribution in [1.29, 1.82) is 0 Å². The Kier molecular flexibility index (Phi) is 5.34. The van der Waals surface area contributed by atoms with Gasteiger partial charge in [-0.05, 0) is 54.7 Å². The molecule has 1 saturated carbocycles. The van der Waals surface area contributed by atoms with Crippen molar-refractivity contribution in [2.24, 2.45) is 5.92 Å². The fourth-order valence-corrected chi connectivity index (χ4v) is 5.73. The molecule has 2 fully saturated rings. The van der Waals surface area contributed by atoms with E-state index in [1.807, 2.05) is 54.6 Å². The van der Waals surface area contributed by atoms with Crippen LogP contribution in [-0.4, -0.2) is 29.1 Å². The largest absolute Gasteiger partial charge is 0.454 e.